The van der Waals surface area contributed by atoms with E-state index in [0.717, 1.165) is 5.69 Å². The highest BCUT2D eigenvalue weighted by Crippen LogP contribution is 2.21. The summed E-state index contributed by atoms with van der Waals surface area (Å²) in [5, 5.41) is 2.86. The number of carbonyl (C=O) groups excluding carboxylic acids is 1. The zero-order chi connectivity index (χ0) is 16.8. The van der Waals surface area contributed by atoms with E-state index in [0.29, 0.717) is 17.4 Å². The quantitative estimate of drug-likeness (QED) is 0.868. The van der Waals surface area contributed by atoms with Crippen molar-refractivity contribution in [2.75, 3.05) is 12.4 Å². The summed E-state index contributed by atoms with van der Waals surface area (Å²) in [4.78, 5) is 12.2. The molecule has 0 aliphatic rings. The van der Waals surface area contributed by atoms with Crippen LogP contribution in [0.4, 0.5) is 5.69 Å². The molecule has 2 aromatic carbocycles. The summed E-state index contributed by atoms with van der Waals surface area (Å²) in [7, 11) is 1.59. The van der Waals surface area contributed by atoms with Gasteiger partial charge in [0.15, 0.2) is 6.10 Å². The predicted molar refractivity (Wildman–Crippen MR) is 92.2 cm³/mol. The molecule has 0 aromatic heterocycles. The summed E-state index contributed by atoms with van der Waals surface area (Å²) in [6.45, 7) is 5.99. The lowest BCUT2D eigenvalue weighted by atomic mass is 10.0. The van der Waals surface area contributed by atoms with E-state index < -0.39 is 6.10 Å². The largest absolute Gasteiger partial charge is 0.497 e. The number of amides is 1. The first-order chi connectivity index (χ1) is 11.0. The molecule has 122 valence electrons. The Labute approximate surface area is 137 Å². The lowest BCUT2D eigenvalue weighted by molar-refractivity contribution is -0.122. The molecular formula is C19H23NO3. The van der Waals surface area contributed by atoms with E-state index in [1.165, 1.54) is 5.56 Å². The first kappa shape index (κ1) is 16.9. The predicted octanol–water partition coefficient (Wildman–Crippen LogP) is 4.22. The maximum atomic E-state index is 12.2. The van der Waals surface area contributed by atoms with Gasteiger partial charge >= 0.3 is 0 Å². The average Bonchev–Trinajstić information content (AvgIpc) is 2.55. The molecule has 1 amide bonds. The molecule has 4 nitrogen and oxygen atoms in total. The molecule has 23 heavy (non-hydrogen) atoms. The van der Waals surface area contributed by atoms with Crippen molar-refractivity contribution in [1.29, 1.82) is 0 Å². The summed E-state index contributed by atoms with van der Waals surface area (Å²) in [6.07, 6.45) is -0.605. The van der Waals surface area contributed by atoms with E-state index in [1.807, 2.05) is 36.4 Å². The van der Waals surface area contributed by atoms with Crippen molar-refractivity contribution in [2.45, 2.75) is 32.8 Å². The smallest absolute Gasteiger partial charge is 0.265 e. The van der Waals surface area contributed by atoms with E-state index in [-0.39, 0.29) is 5.91 Å². The molecule has 4 heteroatoms. The van der Waals surface area contributed by atoms with Crippen LogP contribution in [0.1, 0.15) is 32.3 Å². The first-order valence-corrected chi connectivity index (χ1v) is 7.71. The molecule has 1 atom stereocenters. The third kappa shape index (κ3) is 4.74. The third-order valence-corrected chi connectivity index (χ3v) is 3.57. The van der Waals surface area contributed by atoms with Gasteiger partial charge in [0.05, 0.1) is 7.11 Å². The number of rotatable bonds is 6. The fraction of sp³-hybridized carbons (Fsp3) is 0.316. The standard InChI is InChI=1S/C19H23NO3/c1-13(2)15-8-10-16(11-9-15)20-19(21)14(3)23-18-7-5-6-17(12-18)22-4/h5-14H,1-4H3,(H,20,21)/t14-/m1/s1. The van der Waals surface area contributed by atoms with Gasteiger partial charge in [-0.3, -0.25) is 4.79 Å². The third-order valence-electron chi connectivity index (χ3n) is 3.57. The lowest BCUT2D eigenvalue weighted by Gasteiger charge is -2.15. The Morgan fingerprint density at radius 3 is 2.26 bits per heavy atom. The maximum Gasteiger partial charge on any atom is 0.265 e. The number of ether oxygens (including phenoxy) is 2. The van der Waals surface area contributed by atoms with Crippen LogP contribution in [-0.2, 0) is 4.79 Å². The highest BCUT2D eigenvalue weighted by atomic mass is 16.5. The van der Waals surface area contributed by atoms with Gasteiger partial charge in [-0.25, -0.2) is 0 Å². The van der Waals surface area contributed by atoms with E-state index in [1.54, 1.807) is 26.2 Å². The Bertz CT molecular complexity index is 650. The van der Waals surface area contributed by atoms with Gasteiger partial charge in [-0.1, -0.05) is 32.0 Å². The molecule has 0 radical (unpaired) electrons. The Kier molecular flexibility index (Phi) is 5.63. The van der Waals surface area contributed by atoms with Crippen molar-refractivity contribution in [1.82, 2.24) is 0 Å². The van der Waals surface area contributed by atoms with Gasteiger partial charge in [-0.2, -0.15) is 0 Å². The second-order valence-electron chi connectivity index (χ2n) is 5.71. The minimum atomic E-state index is -0.605. The van der Waals surface area contributed by atoms with E-state index in [4.69, 9.17) is 9.47 Å². The van der Waals surface area contributed by atoms with E-state index in [9.17, 15) is 4.79 Å². The normalized spacial score (nSPS) is 11.9. The molecule has 0 fully saturated rings. The second kappa shape index (κ2) is 7.68. The maximum absolute atomic E-state index is 12.2. The number of hydrogen-bond acceptors (Lipinski definition) is 3. The average molecular weight is 313 g/mol. The minimum Gasteiger partial charge on any atom is -0.497 e. The molecule has 0 spiro atoms. The summed E-state index contributed by atoms with van der Waals surface area (Å²) in [6, 6.07) is 15.1. The zero-order valence-corrected chi connectivity index (χ0v) is 14.0. The van der Waals surface area contributed by atoms with Crippen LogP contribution in [0.5, 0.6) is 11.5 Å². The van der Waals surface area contributed by atoms with Gasteiger partial charge in [0.1, 0.15) is 11.5 Å². The van der Waals surface area contributed by atoms with Gasteiger partial charge < -0.3 is 14.8 Å². The van der Waals surface area contributed by atoms with Crippen LogP contribution in [0.3, 0.4) is 0 Å². The molecule has 0 heterocycles. The first-order valence-electron chi connectivity index (χ1n) is 7.71. The summed E-state index contributed by atoms with van der Waals surface area (Å²) in [5.74, 6) is 1.57. The van der Waals surface area contributed by atoms with Crippen molar-refractivity contribution >= 4 is 11.6 Å². The van der Waals surface area contributed by atoms with Crippen LogP contribution >= 0.6 is 0 Å². The summed E-state index contributed by atoms with van der Waals surface area (Å²) < 4.78 is 10.8. The van der Waals surface area contributed by atoms with Gasteiger partial charge in [0.25, 0.3) is 5.91 Å². The molecule has 2 rings (SSSR count). The van der Waals surface area contributed by atoms with Crippen LogP contribution in [0, 0.1) is 0 Å². The van der Waals surface area contributed by atoms with E-state index >= 15 is 0 Å². The van der Waals surface area contributed by atoms with Crippen molar-refractivity contribution in [3.05, 3.63) is 54.1 Å². The van der Waals surface area contributed by atoms with Crippen LogP contribution < -0.4 is 14.8 Å². The van der Waals surface area contributed by atoms with Crippen LogP contribution in [0.25, 0.3) is 0 Å². The fourth-order valence-electron chi connectivity index (χ4n) is 2.13. The highest BCUT2D eigenvalue weighted by molar-refractivity contribution is 5.94. The molecule has 0 unspecified atom stereocenters. The molecule has 1 N–H and O–H groups in total. The number of carbonyl (C=O) groups is 1. The Morgan fingerprint density at radius 1 is 1.00 bits per heavy atom. The molecule has 2 aromatic rings. The lowest BCUT2D eigenvalue weighted by Crippen LogP contribution is -2.30. The Morgan fingerprint density at radius 2 is 1.65 bits per heavy atom. The molecule has 0 bridgehead atoms. The van der Waals surface area contributed by atoms with Crippen molar-refractivity contribution in [3.63, 3.8) is 0 Å². The second-order valence-corrected chi connectivity index (χ2v) is 5.71. The molecule has 0 aliphatic carbocycles. The highest BCUT2D eigenvalue weighted by Gasteiger charge is 2.15. The molecule has 0 aliphatic heterocycles. The van der Waals surface area contributed by atoms with Crippen LogP contribution in [0.15, 0.2) is 48.5 Å². The van der Waals surface area contributed by atoms with Crippen molar-refractivity contribution in [3.8, 4) is 11.5 Å². The number of nitrogens with one attached hydrogen (secondary N) is 1. The van der Waals surface area contributed by atoms with Gasteiger partial charge in [-0.15, -0.1) is 0 Å². The zero-order valence-electron chi connectivity index (χ0n) is 14.0. The number of benzene rings is 2. The molecule has 0 saturated carbocycles. The van der Waals surface area contributed by atoms with Gasteiger partial charge in [0, 0.05) is 11.8 Å². The topological polar surface area (TPSA) is 47.6 Å². The number of hydrogen-bond donors (Lipinski definition) is 1. The minimum absolute atomic E-state index is 0.190. The van der Waals surface area contributed by atoms with Crippen molar-refractivity contribution in [2.24, 2.45) is 0 Å². The summed E-state index contributed by atoms with van der Waals surface area (Å²) >= 11 is 0. The Balaban J connectivity index is 1.96. The SMILES string of the molecule is COc1cccc(O[C@H](C)C(=O)Nc2ccc(C(C)C)cc2)c1. The molecule has 0 saturated heterocycles. The molecular weight excluding hydrogens is 290 g/mol. The van der Waals surface area contributed by atoms with Crippen LogP contribution in [-0.4, -0.2) is 19.1 Å². The monoisotopic (exact) mass is 313 g/mol. The number of anilines is 1. The Hall–Kier alpha value is -2.49. The van der Waals surface area contributed by atoms with Gasteiger partial charge in [0.2, 0.25) is 0 Å². The fourth-order valence-corrected chi connectivity index (χ4v) is 2.13. The summed E-state index contributed by atoms with van der Waals surface area (Å²) in [5.41, 5.74) is 2.00. The van der Waals surface area contributed by atoms with Gasteiger partial charge in [-0.05, 0) is 42.7 Å². The van der Waals surface area contributed by atoms with Crippen LogP contribution in [0.2, 0.25) is 0 Å². The van der Waals surface area contributed by atoms with E-state index in [2.05, 4.69) is 19.2 Å². The number of methoxy groups -OCH3 is 1. The van der Waals surface area contributed by atoms with Crippen molar-refractivity contribution < 1.29 is 14.3 Å².